The summed E-state index contributed by atoms with van der Waals surface area (Å²) in [6, 6.07) is 7.75. The van der Waals surface area contributed by atoms with Gasteiger partial charge in [0.1, 0.15) is 5.75 Å². The van der Waals surface area contributed by atoms with Gasteiger partial charge in [-0.25, -0.2) is 0 Å². The second-order valence-electron chi connectivity index (χ2n) is 6.51. The molecule has 1 aromatic carbocycles. The van der Waals surface area contributed by atoms with Gasteiger partial charge in [-0.15, -0.1) is 24.8 Å². The van der Waals surface area contributed by atoms with Gasteiger partial charge >= 0.3 is 0 Å². The summed E-state index contributed by atoms with van der Waals surface area (Å²) in [5, 5.41) is 23.0. The molecule has 2 N–H and O–H groups in total. The third-order valence-electron chi connectivity index (χ3n) is 5.12. The molecular formula is C18H27Cl2N3O. The largest absolute Gasteiger partial charge is 0.508 e. The number of aromatic hydroxyl groups is 1. The van der Waals surface area contributed by atoms with Crippen LogP contribution < -0.4 is 5.32 Å². The van der Waals surface area contributed by atoms with Gasteiger partial charge in [0.05, 0.1) is 11.6 Å². The standard InChI is InChI=1S/C18H25N3O.2ClH/c19-13-14-6-7-17(22)16(12-14)18(15-4-2-1-3-5-15)21-10-8-20-9-11-21;;/h6-7,12,15,18,20,22H,1-5,8-11H2;2*1H/t18-;;/m1../s1. The molecule has 1 saturated heterocycles. The Morgan fingerprint density at radius 3 is 2.42 bits per heavy atom. The first-order valence-electron chi connectivity index (χ1n) is 8.47. The van der Waals surface area contributed by atoms with Crippen LogP contribution in [0.3, 0.4) is 0 Å². The van der Waals surface area contributed by atoms with E-state index >= 15 is 0 Å². The molecule has 1 aromatic rings. The van der Waals surface area contributed by atoms with E-state index in [1.807, 2.05) is 6.07 Å². The highest BCUT2D eigenvalue weighted by molar-refractivity contribution is 5.85. The minimum atomic E-state index is 0. The van der Waals surface area contributed by atoms with Gasteiger partial charge < -0.3 is 10.4 Å². The smallest absolute Gasteiger partial charge is 0.120 e. The number of phenolic OH excluding ortho intramolecular Hbond substituents is 1. The molecule has 1 aliphatic carbocycles. The van der Waals surface area contributed by atoms with Crippen molar-refractivity contribution in [2.75, 3.05) is 26.2 Å². The van der Waals surface area contributed by atoms with Gasteiger partial charge in [-0.2, -0.15) is 5.26 Å². The summed E-state index contributed by atoms with van der Waals surface area (Å²) in [5.74, 6) is 0.930. The summed E-state index contributed by atoms with van der Waals surface area (Å²) in [4.78, 5) is 2.50. The van der Waals surface area contributed by atoms with Gasteiger partial charge in [-0.1, -0.05) is 19.3 Å². The van der Waals surface area contributed by atoms with Crippen LogP contribution in [0, 0.1) is 17.2 Å². The topological polar surface area (TPSA) is 59.3 Å². The van der Waals surface area contributed by atoms with Crippen molar-refractivity contribution in [2.24, 2.45) is 5.92 Å². The molecule has 1 atom stereocenters. The van der Waals surface area contributed by atoms with Crippen LogP contribution in [0.25, 0.3) is 0 Å². The molecule has 6 heteroatoms. The Labute approximate surface area is 157 Å². The second kappa shape index (κ2) is 10.1. The van der Waals surface area contributed by atoms with Gasteiger partial charge in [-0.3, -0.25) is 4.90 Å². The van der Waals surface area contributed by atoms with E-state index in [2.05, 4.69) is 16.3 Å². The zero-order valence-electron chi connectivity index (χ0n) is 13.9. The lowest BCUT2D eigenvalue weighted by Gasteiger charge is -2.41. The lowest BCUT2D eigenvalue weighted by Crippen LogP contribution is -2.47. The number of halogens is 2. The Hall–Kier alpha value is -0.990. The minimum absolute atomic E-state index is 0. The predicted molar refractivity (Wildman–Crippen MR) is 101 cm³/mol. The molecular weight excluding hydrogens is 345 g/mol. The van der Waals surface area contributed by atoms with Crippen LogP contribution in [-0.4, -0.2) is 36.2 Å². The third-order valence-corrected chi connectivity index (χ3v) is 5.12. The molecule has 0 aromatic heterocycles. The molecule has 24 heavy (non-hydrogen) atoms. The maximum Gasteiger partial charge on any atom is 0.120 e. The quantitative estimate of drug-likeness (QED) is 0.851. The van der Waals surface area contributed by atoms with Crippen LogP contribution in [0.5, 0.6) is 5.75 Å². The van der Waals surface area contributed by atoms with E-state index < -0.39 is 0 Å². The number of nitrogens with one attached hydrogen (secondary N) is 1. The molecule has 1 heterocycles. The van der Waals surface area contributed by atoms with E-state index in [1.54, 1.807) is 12.1 Å². The highest BCUT2D eigenvalue weighted by atomic mass is 35.5. The molecule has 2 fully saturated rings. The van der Waals surface area contributed by atoms with E-state index in [4.69, 9.17) is 0 Å². The normalized spacial score (nSPS) is 20.3. The average molecular weight is 372 g/mol. The summed E-state index contributed by atoms with van der Waals surface area (Å²) < 4.78 is 0. The van der Waals surface area contributed by atoms with E-state index in [1.165, 1.54) is 32.1 Å². The van der Waals surface area contributed by atoms with Gasteiger partial charge in [0, 0.05) is 37.8 Å². The number of piperazine rings is 1. The van der Waals surface area contributed by atoms with Crippen LogP contribution in [-0.2, 0) is 0 Å². The second-order valence-corrected chi connectivity index (χ2v) is 6.51. The predicted octanol–water partition coefficient (Wildman–Crippen LogP) is 3.63. The first-order chi connectivity index (χ1) is 10.8. The SMILES string of the molecule is Cl.Cl.N#Cc1ccc(O)c([C@@H](C2CCCCC2)N2CCNCC2)c1. The van der Waals surface area contributed by atoms with Gasteiger partial charge in [0.25, 0.3) is 0 Å². The third kappa shape index (κ3) is 4.77. The maximum absolute atomic E-state index is 10.4. The molecule has 134 valence electrons. The molecule has 1 aliphatic heterocycles. The average Bonchev–Trinajstić information content (AvgIpc) is 2.59. The van der Waals surface area contributed by atoms with Crippen molar-refractivity contribution in [1.82, 2.24) is 10.2 Å². The molecule has 0 spiro atoms. The van der Waals surface area contributed by atoms with Crippen LogP contribution in [0.1, 0.15) is 49.3 Å². The van der Waals surface area contributed by atoms with Gasteiger partial charge in [0.15, 0.2) is 0 Å². The Morgan fingerprint density at radius 1 is 1.12 bits per heavy atom. The fraction of sp³-hybridized carbons (Fsp3) is 0.611. The number of nitrogens with zero attached hydrogens (tertiary/aromatic N) is 2. The zero-order valence-corrected chi connectivity index (χ0v) is 15.5. The molecule has 2 aliphatic rings. The lowest BCUT2D eigenvalue weighted by atomic mass is 9.79. The van der Waals surface area contributed by atoms with Crippen molar-refractivity contribution in [1.29, 1.82) is 5.26 Å². The first-order valence-corrected chi connectivity index (χ1v) is 8.47. The first kappa shape index (κ1) is 21.1. The number of rotatable bonds is 3. The summed E-state index contributed by atoms with van der Waals surface area (Å²) >= 11 is 0. The van der Waals surface area contributed by atoms with E-state index in [-0.39, 0.29) is 30.9 Å². The fourth-order valence-corrected chi connectivity index (χ4v) is 4.02. The van der Waals surface area contributed by atoms with Crippen molar-refractivity contribution in [3.05, 3.63) is 29.3 Å². The van der Waals surface area contributed by atoms with Crippen LogP contribution in [0.15, 0.2) is 18.2 Å². The minimum Gasteiger partial charge on any atom is -0.508 e. The zero-order chi connectivity index (χ0) is 15.4. The number of nitriles is 1. The van der Waals surface area contributed by atoms with Crippen LogP contribution in [0.2, 0.25) is 0 Å². The molecule has 1 saturated carbocycles. The molecule has 0 radical (unpaired) electrons. The summed E-state index contributed by atoms with van der Waals surface area (Å²) in [5.41, 5.74) is 1.59. The number of benzene rings is 1. The van der Waals surface area contributed by atoms with E-state index in [0.29, 0.717) is 17.2 Å². The fourth-order valence-electron chi connectivity index (χ4n) is 4.02. The van der Waals surface area contributed by atoms with Crippen LogP contribution in [0.4, 0.5) is 0 Å². The summed E-state index contributed by atoms with van der Waals surface area (Å²) in [6.45, 7) is 4.03. The van der Waals surface area contributed by atoms with Crippen molar-refractivity contribution >= 4 is 24.8 Å². The Balaban J connectivity index is 0.00000144. The van der Waals surface area contributed by atoms with Crippen LogP contribution >= 0.6 is 24.8 Å². The monoisotopic (exact) mass is 371 g/mol. The lowest BCUT2D eigenvalue weighted by molar-refractivity contribution is 0.101. The Kier molecular flexibility index (Phi) is 8.86. The molecule has 0 bridgehead atoms. The highest BCUT2D eigenvalue weighted by Crippen LogP contribution is 2.41. The summed E-state index contributed by atoms with van der Waals surface area (Å²) in [7, 11) is 0. The number of hydrogen-bond acceptors (Lipinski definition) is 4. The van der Waals surface area contributed by atoms with Crippen molar-refractivity contribution in [2.45, 2.75) is 38.1 Å². The van der Waals surface area contributed by atoms with Crippen molar-refractivity contribution < 1.29 is 5.11 Å². The van der Waals surface area contributed by atoms with Crippen molar-refractivity contribution in [3.63, 3.8) is 0 Å². The number of phenols is 1. The van der Waals surface area contributed by atoms with E-state index in [9.17, 15) is 10.4 Å². The maximum atomic E-state index is 10.4. The summed E-state index contributed by atoms with van der Waals surface area (Å²) in [6.07, 6.45) is 6.35. The molecule has 0 unspecified atom stereocenters. The Bertz CT molecular complexity index is 532. The molecule has 0 amide bonds. The van der Waals surface area contributed by atoms with E-state index in [0.717, 1.165) is 31.7 Å². The van der Waals surface area contributed by atoms with Gasteiger partial charge in [-0.05, 0) is 37.0 Å². The molecule has 4 nitrogen and oxygen atoms in total. The van der Waals surface area contributed by atoms with Crippen molar-refractivity contribution in [3.8, 4) is 11.8 Å². The Morgan fingerprint density at radius 2 is 1.79 bits per heavy atom. The number of hydrogen-bond donors (Lipinski definition) is 2. The highest BCUT2D eigenvalue weighted by Gasteiger charge is 2.32. The van der Waals surface area contributed by atoms with Gasteiger partial charge in [0.2, 0.25) is 0 Å². The molecule has 3 rings (SSSR count).